The third-order valence-corrected chi connectivity index (χ3v) is 5.69. The minimum Gasteiger partial charge on any atom is -0.350 e. The van der Waals surface area contributed by atoms with Crippen molar-refractivity contribution in [3.8, 4) is 0 Å². The van der Waals surface area contributed by atoms with Crippen LogP contribution in [0, 0.1) is 0 Å². The number of rotatable bonds is 1. The summed E-state index contributed by atoms with van der Waals surface area (Å²) < 4.78 is 1.30. The Balaban J connectivity index is 2.16. The zero-order chi connectivity index (χ0) is 13.0. The monoisotopic (exact) mass is 259 g/mol. The van der Waals surface area contributed by atoms with Crippen LogP contribution in [0.4, 0.5) is 0 Å². The third-order valence-electron chi connectivity index (χ3n) is 4.31. The van der Waals surface area contributed by atoms with Gasteiger partial charge in [-0.15, -0.1) is 11.3 Å². The number of amides is 1. The smallest absolute Gasteiger partial charge is 0.221 e. The van der Waals surface area contributed by atoms with Crippen LogP contribution in [-0.4, -0.2) is 11.4 Å². The first-order valence-corrected chi connectivity index (χ1v) is 7.04. The maximum Gasteiger partial charge on any atom is 0.221 e. The largest absolute Gasteiger partial charge is 0.350 e. The highest BCUT2D eigenvalue weighted by molar-refractivity contribution is 7.19. The third kappa shape index (κ3) is 1.50. The summed E-state index contributed by atoms with van der Waals surface area (Å²) in [5.41, 5.74) is -0.307. The van der Waals surface area contributed by atoms with Crippen molar-refractivity contribution < 1.29 is 4.79 Å². The molecular formula is C15H17NOS. The lowest BCUT2D eigenvalue weighted by Gasteiger charge is -2.36. The molecule has 0 spiro atoms. The summed E-state index contributed by atoms with van der Waals surface area (Å²) in [5.74, 6) is 0.153. The van der Waals surface area contributed by atoms with Gasteiger partial charge in [-0.3, -0.25) is 4.79 Å². The Morgan fingerprint density at radius 2 is 1.94 bits per heavy atom. The minimum atomic E-state index is -0.190. The molecule has 3 heteroatoms. The Labute approximate surface area is 111 Å². The van der Waals surface area contributed by atoms with Crippen molar-refractivity contribution in [2.75, 3.05) is 0 Å². The summed E-state index contributed by atoms with van der Waals surface area (Å²) in [4.78, 5) is 13.1. The average molecular weight is 259 g/mol. The van der Waals surface area contributed by atoms with E-state index in [2.05, 4.69) is 56.4 Å². The van der Waals surface area contributed by atoms with E-state index in [4.69, 9.17) is 0 Å². The van der Waals surface area contributed by atoms with E-state index >= 15 is 0 Å². The number of thiophene rings is 1. The molecule has 1 aliphatic heterocycles. The van der Waals surface area contributed by atoms with Gasteiger partial charge >= 0.3 is 0 Å². The molecule has 1 aromatic heterocycles. The Kier molecular flexibility index (Phi) is 2.33. The lowest BCUT2D eigenvalue weighted by atomic mass is 9.73. The molecule has 18 heavy (non-hydrogen) atoms. The zero-order valence-corrected chi connectivity index (χ0v) is 11.7. The van der Waals surface area contributed by atoms with E-state index < -0.39 is 0 Å². The molecule has 1 fully saturated rings. The van der Waals surface area contributed by atoms with Crippen molar-refractivity contribution >= 4 is 27.3 Å². The van der Waals surface area contributed by atoms with Gasteiger partial charge in [0.15, 0.2) is 0 Å². The first-order valence-electron chi connectivity index (χ1n) is 6.22. The van der Waals surface area contributed by atoms with Crippen molar-refractivity contribution in [2.45, 2.75) is 38.1 Å². The molecule has 0 aliphatic carbocycles. The summed E-state index contributed by atoms with van der Waals surface area (Å²) in [7, 11) is 0. The van der Waals surface area contributed by atoms with Gasteiger partial charge in [0.1, 0.15) is 0 Å². The second-order valence-electron chi connectivity index (χ2n) is 5.83. The van der Waals surface area contributed by atoms with Gasteiger partial charge in [0, 0.05) is 27.0 Å². The van der Waals surface area contributed by atoms with Crippen molar-refractivity contribution in [3.63, 3.8) is 0 Å². The van der Waals surface area contributed by atoms with Gasteiger partial charge in [0.05, 0.1) is 0 Å². The number of nitrogens with one attached hydrogen (secondary N) is 1. The standard InChI is InChI=1S/C15H17NOS/c1-14(2)15(3,9-13(17)16-14)12-8-10-6-4-5-7-11(10)18-12/h4-8H,9H2,1-3H3,(H,16,17). The van der Waals surface area contributed by atoms with Gasteiger partial charge < -0.3 is 5.32 Å². The van der Waals surface area contributed by atoms with Crippen LogP contribution in [0.2, 0.25) is 0 Å². The van der Waals surface area contributed by atoms with Crippen LogP contribution >= 0.6 is 11.3 Å². The predicted molar refractivity (Wildman–Crippen MR) is 76.0 cm³/mol. The second kappa shape index (κ2) is 3.58. The Morgan fingerprint density at radius 1 is 1.22 bits per heavy atom. The number of carbonyl (C=O) groups is 1. The SMILES string of the molecule is CC1(C)NC(=O)CC1(C)c1cc2ccccc2s1. The molecule has 3 rings (SSSR count). The normalized spacial score (nSPS) is 26.5. The fourth-order valence-electron chi connectivity index (χ4n) is 2.72. The minimum absolute atomic E-state index is 0.117. The first-order chi connectivity index (χ1) is 8.42. The highest BCUT2D eigenvalue weighted by Crippen LogP contribution is 2.46. The van der Waals surface area contributed by atoms with Crippen molar-refractivity contribution in [1.29, 1.82) is 0 Å². The fraction of sp³-hybridized carbons (Fsp3) is 0.400. The van der Waals surface area contributed by atoms with E-state index in [1.807, 2.05) is 0 Å². The molecule has 1 aliphatic rings. The molecule has 0 saturated carbocycles. The maximum absolute atomic E-state index is 11.8. The lowest BCUT2D eigenvalue weighted by Crippen LogP contribution is -2.47. The molecule has 0 radical (unpaired) electrons. The van der Waals surface area contributed by atoms with Crippen LogP contribution in [-0.2, 0) is 10.2 Å². The van der Waals surface area contributed by atoms with Crippen LogP contribution in [0.25, 0.3) is 10.1 Å². The predicted octanol–water partition coefficient (Wildman–Crippen LogP) is 3.46. The number of carbonyl (C=O) groups excluding carboxylic acids is 1. The van der Waals surface area contributed by atoms with Gasteiger partial charge in [0.2, 0.25) is 5.91 Å². The van der Waals surface area contributed by atoms with Crippen LogP contribution in [0.1, 0.15) is 32.1 Å². The van der Waals surface area contributed by atoms with Gasteiger partial charge in [-0.1, -0.05) is 25.1 Å². The fourth-order valence-corrected chi connectivity index (χ4v) is 4.09. The van der Waals surface area contributed by atoms with Gasteiger partial charge in [-0.05, 0) is 31.4 Å². The zero-order valence-electron chi connectivity index (χ0n) is 10.9. The van der Waals surface area contributed by atoms with Crippen molar-refractivity contribution in [3.05, 3.63) is 35.2 Å². The first kappa shape index (κ1) is 11.7. The molecular weight excluding hydrogens is 242 g/mol. The van der Waals surface area contributed by atoms with E-state index in [1.54, 1.807) is 11.3 Å². The molecule has 1 atom stereocenters. The number of benzene rings is 1. The second-order valence-corrected chi connectivity index (χ2v) is 6.91. The van der Waals surface area contributed by atoms with E-state index in [-0.39, 0.29) is 16.9 Å². The highest BCUT2D eigenvalue weighted by Gasteiger charge is 2.51. The van der Waals surface area contributed by atoms with Crippen LogP contribution in [0.15, 0.2) is 30.3 Å². The van der Waals surface area contributed by atoms with E-state index in [9.17, 15) is 4.79 Å². The van der Waals surface area contributed by atoms with Gasteiger partial charge in [-0.25, -0.2) is 0 Å². The summed E-state index contributed by atoms with van der Waals surface area (Å²) in [6.07, 6.45) is 0.576. The average Bonchev–Trinajstić information content (AvgIpc) is 2.78. The Hall–Kier alpha value is -1.35. The lowest BCUT2D eigenvalue weighted by molar-refractivity contribution is -0.119. The summed E-state index contributed by atoms with van der Waals surface area (Å²) in [5, 5.41) is 4.37. The molecule has 1 saturated heterocycles. The summed E-state index contributed by atoms with van der Waals surface area (Å²) in [6.45, 7) is 6.42. The Bertz CT molecular complexity index is 595. The van der Waals surface area contributed by atoms with E-state index in [0.29, 0.717) is 6.42 Å². The van der Waals surface area contributed by atoms with Gasteiger partial charge in [-0.2, -0.15) is 0 Å². The van der Waals surface area contributed by atoms with Gasteiger partial charge in [0.25, 0.3) is 0 Å². The summed E-state index contributed by atoms with van der Waals surface area (Å²) in [6, 6.07) is 10.6. The maximum atomic E-state index is 11.8. The molecule has 2 heterocycles. The van der Waals surface area contributed by atoms with Crippen LogP contribution < -0.4 is 5.32 Å². The van der Waals surface area contributed by atoms with Crippen LogP contribution in [0.5, 0.6) is 0 Å². The highest BCUT2D eigenvalue weighted by atomic mass is 32.1. The van der Waals surface area contributed by atoms with Crippen LogP contribution in [0.3, 0.4) is 0 Å². The molecule has 2 aromatic rings. The molecule has 1 N–H and O–H groups in total. The Morgan fingerprint density at radius 3 is 2.56 bits per heavy atom. The quantitative estimate of drug-likeness (QED) is 0.835. The molecule has 94 valence electrons. The summed E-state index contributed by atoms with van der Waals surface area (Å²) >= 11 is 1.81. The molecule has 2 nitrogen and oxygen atoms in total. The topological polar surface area (TPSA) is 29.1 Å². The van der Waals surface area contributed by atoms with E-state index in [0.717, 1.165) is 0 Å². The van der Waals surface area contributed by atoms with Crippen molar-refractivity contribution in [2.24, 2.45) is 0 Å². The number of fused-ring (bicyclic) bond motifs is 1. The van der Waals surface area contributed by atoms with Crippen molar-refractivity contribution in [1.82, 2.24) is 5.32 Å². The number of hydrogen-bond donors (Lipinski definition) is 1. The number of hydrogen-bond acceptors (Lipinski definition) is 2. The molecule has 1 unspecified atom stereocenters. The van der Waals surface area contributed by atoms with E-state index in [1.165, 1.54) is 15.0 Å². The molecule has 0 bridgehead atoms. The molecule has 1 aromatic carbocycles. The molecule has 1 amide bonds.